The minimum atomic E-state index is -1.28. The van der Waals surface area contributed by atoms with Gasteiger partial charge in [0.05, 0.1) is 22.7 Å². The van der Waals surface area contributed by atoms with Gasteiger partial charge in [0, 0.05) is 11.3 Å². The number of hydrogen-bond acceptors (Lipinski definition) is 4. The van der Waals surface area contributed by atoms with Crippen molar-refractivity contribution in [3.8, 4) is 5.75 Å². The summed E-state index contributed by atoms with van der Waals surface area (Å²) in [5.41, 5.74) is 1.65. The van der Waals surface area contributed by atoms with Gasteiger partial charge in [-0.2, -0.15) is 0 Å². The Morgan fingerprint density at radius 2 is 1.95 bits per heavy atom. The number of rotatable bonds is 5. The van der Waals surface area contributed by atoms with Gasteiger partial charge in [0.15, 0.2) is 0 Å². The van der Waals surface area contributed by atoms with Crippen molar-refractivity contribution in [2.45, 2.75) is 41.7 Å². The maximum atomic E-state index is 12.8. The number of carbonyl (C=O) groups excluding carboxylic acids is 1. The third-order valence-electron chi connectivity index (χ3n) is 3.79. The fourth-order valence-electron chi connectivity index (χ4n) is 2.73. The lowest BCUT2D eigenvalue weighted by molar-refractivity contribution is -0.129. The van der Waals surface area contributed by atoms with Crippen LogP contribution in [-0.4, -0.2) is 27.2 Å². The zero-order valence-electron chi connectivity index (χ0n) is 11.4. The maximum absolute atomic E-state index is 12.8. The first-order valence-corrected chi connectivity index (χ1v) is 7.75. The van der Waals surface area contributed by atoms with E-state index in [0.717, 1.165) is 25.7 Å². The van der Waals surface area contributed by atoms with Crippen LogP contribution in [-0.2, 0) is 15.6 Å². The van der Waals surface area contributed by atoms with Crippen molar-refractivity contribution in [1.29, 1.82) is 0 Å². The van der Waals surface area contributed by atoms with Crippen LogP contribution in [0.2, 0.25) is 0 Å². The molecule has 0 radical (unpaired) electrons. The van der Waals surface area contributed by atoms with Crippen molar-refractivity contribution in [1.82, 2.24) is 5.48 Å². The molecule has 5 nitrogen and oxygen atoms in total. The molecule has 2 N–H and O–H groups in total. The Balaban J connectivity index is 2.24. The summed E-state index contributed by atoms with van der Waals surface area (Å²) in [4.78, 5) is 12.2. The highest BCUT2D eigenvalue weighted by Crippen LogP contribution is 2.40. The average Bonchev–Trinajstić information content (AvgIpc) is 2.96. The summed E-state index contributed by atoms with van der Waals surface area (Å²) in [5.74, 6) is 0.230. The van der Waals surface area contributed by atoms with Crippen LogP contribution in [0, 0.1) is 0 Å². The standard InChI is InChI=1S/C14H19NO4S/c1-19-11-4-6-12(7-5-11)20(18)14(8-2-3-9-14)10-13(16)15-17/h4-7,17H,2-3,8-10H2,1H3,(H,15,16). The van der Waals surface area contributed by atoms with Crippen LogP contribution in [0.25, 0.3) is 0 Å². The SMILES string of the molecule is COc1ccc(S(=O)C2(CC(=O)NO)CCCC2)cc1. The largest absolute Gasteiger partial charge is 0.497 e. The molecule has 1 saturated carbocycles. The van der Waals surface area contributed by atoms with E-state index in [-0.39, 0.29) is 6.42 Å². The molecule has 1 aromatic rings. The van der Waals surface area contributed by atoms with Gasteiger partial charge in [-0.15, -0.1) is 0 Å². The van der Waals surface area contributed by atoms with E-state index in [2.05, 4.69) is 0 Å². The number of hydrogen-bond donors (Lipinski definition) is 2. The highest BCUT2D eigenvalue weighted by Gasteiger charge is 2.42. The molecule has 1 unspecified atom stereocenters. The molecule has 1 aromatic carbocycles. The predicted molar refractivity (Wildman–Crippen MR) is 75.1 cm³/mol. The van der Waals surface area contributed by atoms with Crippen LogP contribution in [0.15, 0.2) is 29.2 Å². The lowest BCUT2D eigenvalue weighted by Crippen LogP contribution is -2.37. The molecular weight excluding hydrogens is 278 g/mol. The predicted octanol–water partition coefficient (Wildman–Crippen LogP) is 2.01. The second-order valence-electron chi connectivity index (χ2n) is 5.05. The molecule has 1 aliphatic rings. The summed E-state index contributed by atoms with van der Waals surface area (Å²) in [6.07, 6.45) is 3.47. The third-order valence-corrected chi connectivity index (χ3v) is 5.83. The Morgan fingerprint density at radius 1 is 1.35 bits per heavy atom. The number of methoxy groups -OCH3 is 1. The molecule has 110 valence electrons. The zero-order valence-corrected chi connectivity index (χ0v) is 12.2. The second kappa shape index (κ2) is 6.37. The lowest BCUT2D eigenvalue weighted by Gasteiger charge is -2.27. The van der Waals surface area contributed by atoms with Crippen molar-refractivity contribution in [2.24, 2.45) is 0 Å². The molecule has 20 heavy (non-hydrogen) atoms. The van der Waals surface area contributed by atoms with Crippen LogP contribution in [0.3, 0.4) is 0 Å². The first kappa shape index (κ1) is 15.0. The summed E-state index contributed by atoms with van der Waals surface area (Å²) in [6, 6.07) is 7.07. The van der Waals surface area contributed by atoms with Crippen LogP contribution >= 0.6 is 0 Å². The van der Waals surface area contributed by atoms with Crippen LogP contribution < -0.4 is 10.2 Å². The summed E-state index contributed by atoms with van der Waals surface area (Å²) >= 11 is 0. The minimum Gasteiger partial charge on any atom is -0.497 e. The number of amides is 1. The zero-order chi connectivity index (χ0) is 14.6. The Bertz CT molecular complexity index is 494. The Labute approximate surface area is 120 Å². The van der Waals surface area contributed by atoms with Gasteiger partial charge in [-0.25, -0.2) is 5.48 Å². The molecule has 0 heterocycles. The summed E-state index contributed by atoms with van der Waals surface area (Å²) < 4.78 is 17.3. The van der Waals surface area contributed by atoms with Crippen LogP contribution in [0.4, 0.5) is 0 Å². The molecule has 0 aliphatic heterocycles. The lowest BCUT2D eigenvalue weighted by atomic mass is 10.0. The highest BCUT2D eigenvalue weighted by atomic mass is 32.2. The number of hydroxylamine groups is 1. The molecule has 1 fully saturated rings. The van der Waals surface area contributed by atoms with Crippen LogP contribution in [0.1, 0.15) is 32.1 Å². The molecule has 1 atom stereocenters. The Hall–Kier alpha value is -1.40. The van der Waals surface area contributed by atoms with E-state index >= 15 is 0 Å². The van der Waals surface area contributed by atoms with Crippen molar-refractivity contribution in [3.63, 3.8) is 0 Å². The van der Waals surface area contributed by atoms with Gasteiger partial charge in [0.1, 0.15) is 5.75 Å². The molecule has 0 bridgehead atoms. The van der Waals surface area contributed by atoms with E-state index in [9.17, 15) is 9.00 Å². The molecule has 0 aromatic heterocycles. The van der Waals surface area contributed by atoms with Gasteiger partial charge in [-0.1, -0.05) is 12.8 Å². The molecule has 1 amide bonds. The van der Waals surface area contributed by atoms with Gasteiger partial charge in [0.2, 0.25) is 5.91 Å². The highest BCUT2D eigenvalue weighted by molar-refractivity contribution is 7.86. The summed E-state index contributed by atoms with van der Waals surface area (Å²) in [5, 5.41) is 8.72. The third kappa shape index (κ3) is 3.02. The van der Waals surface area contributed by atoms with Gasteiger partial charge in [0.25, 0.3) is 0 Å². The second-order valence-corrected chi connectivity index (χ2v) is 6.92. The summed E-state index contributed by atoms with van der Waals surface area (Å²) in [7, 11) is 0.302. The molecule has 0 saturated heterocycles. The topological polar surface area (TPSA) is 75.6 Å². The normalized spacial score (nSPS) is 18.5. The van der Waals surface area contributed by atoms with Crippen LogP contribution in [0.5, 0.6) is 5.75 Å². The molecule has 2 rings (SSSR count). The van der Waals surface area contributed by atoms with E-state index in [1.165, 1.54) is 0 Å². The molecule has 1 aliphatic carbocycles. The number of nitrogens with one attached hydrogen (secondary N) is 1. The van der Waals surface area contributed by atoms with Crippen molar-refractivity contribution >= 4 is 16.7 Å². The van der Waals surface area contributed by atoms with Crippen molar-refractivity contribution in [2.75, 3.05) is 7.11 Å². The molecular formula is C14H19NO4S. The monoisotopic (exact) mass is 297 g/mol. The van der Waals surface area contributed by atoms with Gasteiger partial charge in [-0.05, 0) is 37.1 Å². The van der Waals surface area contributed by atoms with Gasteiger partial charge in [-0.3, -0.25) is 14.2 Å². The van der Waals surface area contributed by atoms with Crippen molar-refractivity contribution in [3.05, 3.63) is 24.3 Å². The van der Waals surface area contributed by atoms with E-state index in [4.69, 9.17) is 9.94 Å². The quantitative estimate of drug-likeness (QED) is 0.644. The van der Waals surface area contributed by atoms with E-state index in [1.54, 1.807) is 36.9 Å². The van der Waals surface area contributed by atoms with E-state index in [1.807, 2.05) is 0 Å². The molecule has 6 heteroatoms. The van der Waals surface area contributed by atoms with Gasteiger partial charge >= 0.3 is 0 Å². The van der Waals surface area contributed by atoms with Crippen molar-refractivity contribution < 1.29 is 18.9 Å². The maximum Gasteiger partial charge on any atom is 0.244 e. The Morgan fingerprint density at radius 3 is 2.45 bits per heavy atom. The summed E-state index contributed by atoms with van der Waals surface area (Å²) in [6.45, 7) is 0. The van der Waals surface area contributed by atoms with Gasteiger partial charge < -0.3 is 4.74 Å². The smallest absolute Gasteiger partial charge is 0.244 e. The van der Waals surface area contributed by atoms with E-state index in [0.29, 0.717) is 10.6 Å². The molecule has 0 spiro atoms. The Kier molecular flexibility index (Phi) is 4.77. The first-order chi connectivity index (χ1) is 9.61. The average molecular weight is 297 g/mol. The van der Waals surface area contributed by atoms with E-state index < -0.39 is 21.5 Å². The minimum absolute atomic E-state index is 0.0855. The fourth-order valence-corrected chi connectivity index (χ4v) is 4.53. The first-order valence-electron chi connectivity index (χ1n) is 6.60. The number of ether oxygens (including phenoxy) is 1. The fraction of sp³-hybridized carbons (Fsp3) is 0.500. The number of carbonyl (C=O) groups is 1. The number of benzene rings is 1.